The molecule has 1 N–H and O–H groups in total. The summed E-state index contributed by atoms with van der Waals surface area (Å²) >= 11 is 0. The van der Waals surface area contributed by atoms with Gasteiger partial charge in [-0.3, -0.25) is 4.79 Å². The van der Waals surface area contributed by atoms with Gasteiger partial charge in [-0.2, -0.15) is 0 Å². The molecule has 5 nitrogen and oxygen atoms in total. The number of carbonyl (C=O) groups is 2. The summed E-state index contributed by atoms with van der Waals surface area (Å²) in [6, 6.07) is 11.7. The minimum Gasteiger partial charge on any atom is -0.482 e. The number of amides is 1. The van der Waals surface area contributed by atoms with E-state index in [0.717, 1.165) is 12.1 Å². The molecule has 0 saturated carbocycles. The van der Waals surface area contributed by atoms with Gasteiger partial charge in [0.25, 0.3) is 5.91 Å². The fraction of sp³-hybridized carbons (Fsp3) is 0.125. The standard InChI is InChI=1S/C16H13F2NO4/c17-12-7-4-8-13(18)16(12)19-14(20)9-23-15(21)10-22-11-5-2-1-3-6-11/h1-8H,9-10H2,(H,19,20). The van der Waals surface area contributed by atoms with Gasteiger partial charge in [-0.25, -0.2) is 13.6 Å². The Kier molecular flexibility index (Phi) is 5.62. The molecule has 1 amide bonds. The van der Waals surface area contributed by atoms with Crippen LogP contribution in [0.3, 0.4) is 0 Å². The lowest BCUT2D eigenvalue weighted by Crippen LogP contribution is -2.24. The minimum atomic E-state index is -0.919. The van der Waals surface area contributed by atoms with Crippen molar-refractivity contribution < 1.29 is 27.8 Å². The number of halogens is 2. The van der Waals surface area contributed by atoms with Crippen LogP contribution < -0.4 is 10.1 Å². The Morgan fingerprint density at radius 3 is 2.22 bits per heavy atom. The van der Waals surface area contributed by atoms with Crippen molar-refractivity contribution in [3.63, 3.8) is 0 Å². The van der Waals surface area contributed by atoms with Crippen molar-refractivity contribution in [3.05, 3.63) is 60.2 Å². The molecule has 0 aliphatic rings. The number of benzene rings is 2. The number of carbonyl (C=O) groups excluding carboxylic acids is 2. The molecule has 0 bridgehead atoms. The van der Waals surface area contributed by atoms with E-state index in [1.54, 1.807) is 30.3 Å². The Balaban J connectivity index is 1.77. The molecule has 0 fully saturated rings. The lowest BCUT2D eigenvalue weighted by atomic mass is 10.3. The van der Waals surface area contributed by atoms with E-state index in [0.29, 0.717) is 5.75 Å². The summed E-state index contributed by atoms with van der Waals surface area (Å²) in [6.45, 7) is -1.06. The van der Waals surface area contributed by atoms with Crippen LogP contribution >= 0.6 is 0 Å². The molecule has 0 aliphatic heterocycles. The first-order valence-electron chi connectivity index (χ1n) is 6.63. The SMILES string of the molecule is O=C(COC(=O)COc1ccccc1)Nc1c(F)cccc1F. The van der Waals surface area contributed by atoms with Gasteiger partial charge in [0.2, 0.25) is 0 Å². The van der Waals surface area contributed by atoms with Crippen molar-refractivity contribution in [1.82, 2.24) is 0 Å². The minimum absolute atomic E-state index is 0.384. The highest BCUT2D eigenvalue weighted by atomic mass is 19.1. The van der Waals surface area contributed by atoms with E-state index in [1.165, 1.54) is 6.07 Å². The molecule has 0 atom stereocenters. The van der Waals surface area contributed by atoms with Crippen molar-refractivity contribution in [3.8, 4) is 5.75 Å². The molecule has 2 rings (SSSR count). The van der Waals surface area contributed by atoms with Crippen molar-refractivity contribution in [2.75, 3.05) is 18.5 Å². The summed E-state index contributed by atoms with van der Waals surface area (Å²) in [5, 5.41) is 2.00. The summed E-state index contributed by atoms with van der Waals surface area (Å²) in [4.78, 5) is 23.0. The summed E-state index contributed by atoms with van der Waals surface area (Å²) < 4.78 is 36.5. The predicted octanol–water partition coefficient (Wildman–Crippen LogP) is 2.53. The molecule has 0 aliphatic carbocycles. The van der Waals surface area contributed by atoms with Crippen LogP contribution in [0.4, 0.5) is 14.5 Å². The van der Waals surface area contributed by atoms with Crippen LogP contribution in [0.2, 0.25) is 0 Å². The Morgan fingerprint density at radius 1 is 0.913 bits per heavy atom. The maximum Gasteiger partial charge on any atom is 0.344 e. The zero-order chi connectivity index (χ0) is 16.7. The second kappa shape index (κ2) is 7.88. The lowest BCUT2D eigenvalue weighted by Gasteiger charge is -2.09. The van der Waals surface area contributed by atoms with Gasteiger partial charge in [-0.15, -0.1) is 0 Å². The third-order valence-electron chi connectivity index (χ3n) is 2.69. The van der Waals surface area contributed by atoms with Crippen LogP contribution in [0, 0.1) is 11.6 Å². The Labute approximate surface area is 130 Å². The first-order chi connectivity index (χ1) is 11.1. The van der Waals surface area contributed by atoms with Crippen molar-refractivity contribution in [1.29, 1.82) is 0 Å². The van der Waals surface area contributed by atoms with Crippen LogP contribution in [0.5, 0.6) is 5.75 Å². The molecule has 23 heavy (non-hydrogen) atoms. The van der Waals surface area contributed by atoms with E-state index < -0.39 is 35.8 Å². The van der Waals surface area contributed by atoms with Crippen molar-refractivity contribution >= 4 is 17.6 Å². The quantitative estimate of drug-likeness (QED) is 0.831. The van der Waals surface area contributed by atoms with E-state index in [9.17, 15) is 18.4 Å². The molecule has 0 heterocycles. The third-order valence-corrected chi connectivity index (χ3v) is 2.69. The zero-order valence-electron chi connectivity index (χ0n) is 11.9. The van der Waals surface area contributed by atoms with Crippen LogP contribution in [-0.4, -0.2) is 25.1 Å². The zero-order valence-corrected chi connectivity index (χ0v) is 11.9. The second-order valence-corrected chi connectivity index (χ2v) is 4.41. The fourth-order valence-electron chi connectivity index (χ4n) is 1.64. The molecule has 120 valence electrons. The first-order valence-corrected chi connectivity index (χ1v) is 6.63. The van der Waals surface area contributed by atoms with Gasteiger partial charge < -0.3 is 14.8 Å². The number of ether oxygens (including phenoxy) is 2. The smallest absolute Gasteiger partial charge is 0.344 e. The molecule has 0 radical (unpaired) electrons. The fourth-order valence-corrected chi connectivity index (χ4v) is 1.64. The number of anilines is 1. The molecule has 0 aromatic heterocycles. The molecule has 0 saturated heterocycles. The van der Waals surface area contributed by atoms with Crippen LogP contribution in [0.15, 0.2) is 48.5 Å². The number of hydrogen-bond acceptors (Lipinski definition) is 4. The Morgan fingerprint density at radius 2 is 1.57 bits per heavy atom. The maximum atomic E-state index is 13.3. The largest absolute Gasteiger partial charge is 0.482 e. The monoisotopic (exact) mass is 321 g/mol. The van der Waals surface area contributed by atoms with Crippen LogP contribution in [0.25, 0.3) is 0 Å². The number of nitrogens with one attached hydrogen (secondary N) is 1. The number of esters is 1. The Bertz CT molecular complexity index is 671. The molecule has 7 heteroatoms. The van der Waals surface area contributed by atoms with Crippen LogP contribution in [-0.2, 0) is 14.3 Å². The summed E-state index contributed by atoms with van der Waals surface area (Å²) in [5.74, 6) is -3.00. The van der Waals surface area contributed by atoms with E-state index in [-0.39, 0.29) is 6.61 Å². The number of rotatable bonds is 6. The van der Waals surface area contributed by atoms with Gasteiger partial charge in [0.1, 0.15) is 23.1 Å². The van der Waals surface area contributed by atoms with Gasteiger partial charge in [0.15, 0.2) is 13.2 Å². The second-order valence-electron chi connectivity index (χ2n) is 4.41. The van der Waals surface area contributed by atoms with E-state index in [4.69, 9.17) is 4.74 Å². The molecule has 2 aromatic rings. The normalized spacial score (nSPS) is 10.0. The highest BCUT2D eigenvalue weighted by Gasteiger charge is 2.13. The van der Waals surface area contributed by atoms with Gasteiger partial charge in [0, 0.05) is 0 Å². The summed E-state index contributed by atoms with van der Waals surface area (Å²) in [6.07, 6.45) is 0. The van der Waals surface area contributed by atoms with Gasteiger partial charge in [0.05, 0.1) is 0 Å². The highest BCUT2D eigenvalue weighted by molar-refractivity contribution is 5.93. The molecular formula is C16H13F2NO4. The van der Waals surface area contributed by atoms with E-state index in [1.807, 2.05) is 5.32 Å². The van der Waals surface area contributed by atoms with E-state index in [2.05, 4.69) is 4.74 Å². The van der Waals surface area contributed by atoms with E-state index >= 15 is 0 Å². The summed E-state index contributed by atoms with van der Waals surface area (Å²) in [5.41, 5.74) is -0.589. The van der Waals surface area contributed by atoms with Gasteiger partial charge in [-0.1, -0.05) is 24.3 Å². The number of hydrogen-bond donors (Lipinski definition) is 1. The Hall–Kier alpha value is -2.96. The third kappa shape index (κ3) is 5.06. The van der Waals surface area contributed by atoms with Gasteiger partial charge >= 0.3 is 5.97 Å². The molecule has 0 unspecified atom stereocenters. The van der Waals surface area contributed by atoms with Crippen LogP contribution in [0.1, 0.15) is 0 Å². The summed E-state index contributed by atoms with van der Waals surface area (Å²) in [7, 11) is 0. The maximum absolute atomic E-state index is 13.3. The number of para-hydroxylation sites is 2. The lowest BCUT2D eigenvalue weighted by molar-refractivity contribution is -0.149. The average molecular weight is 321 g/mol. The topological polar surface area (TPSA) is 64.6 Å². The molecule has 0 spiro atoms. The highest BCUT2D eigenvalue weighted by Crippen LogP contribution is 2.17. The van der Waals surface area contributed by atoms with Crippen molar-refractivity contribution in [2.45, 2.75) is 0 Å². The van der Waals surface area contributed by atoms with Crippen molar-refractivity contribution in [2.24, 2.45) is 0 Å². The van der Waals surface area contributed by atoms with Gasteiger partial charge in [-0.05, 0) is 24.3 Å². The molecular weight excluding hydrogens is 308 g/mol. The molecule has 2 aromatic carbocycles. The average Bonchev–Trinajstić information content (AvgIpc) is 2.55. The first kappa shape index (κ1) is 16.4. The predicted molar refractivity (Wildman–Crippen MR) is 77.9 cm³/mol.